The van der Waals surface area contributed by atoms with E-state index in [4.69, 9.17) is 4.42 Å². The molecule has 160 valence electrons. The zero-order chi connectivity index (χ0) is 22.2. The van der Waals surface area contributed by atoms with Crippen molar-refractivity contribution in [1.29, 1.82) is 0 Å². The average molecular weight is 439 g/mol. The molecule has 0 saturated carbocycles. The fourth-order valence-corrected chi connectivity index (χ4v) is 3.67. The van der Waals surface area contributed by atoms with Gasteiger partial charge in [-0.1, -0.05) is 0 Å². The van der Waals surface area contributed by atoms with Gasteiger partial charge in [0.05, 0.1) is 5.60 Å². The summed E-state index contributed by atoms with van der Waals surface area (Å²) in [6.07, 6.45) is 5.90. The molecule has 4 aromatic heterocycles. The van der Waals surface area contributed by atoms with Gasteiger partial charge < -0.3 is 14.8 Å². The quantitative estimate of drug-likeness (QED) is 0.469. The molecule has 0 unspecified atom stereocenters. The van der Waals surface area contributed by atoms with Crippen LogP contribution < -0.4 is 5.32 Å². The van der Waals surface area contributed by atoms with Crippen LogP contribution in [0.5, 0.6) is 0 Å². The van der Waals surface area contributed by atoms with Gasteiger partial charge >= 0.3 is 0 Å². The van der Waals surface area contributed by atoms with Crippen LogP contribution in [-0.2, 0) is 9.84 Å². The highest BCUT2D eigenvalue weighted by Crippen LogP contribution is 2.34. The number of nitrogens with one attached hydrogen (secondary N) is 1. The first kappa shape index (κ1) is 21.0. The van der Waals surface area contributed by atoms with E-state index in [9.17, 15) is 13.5 Å². The van der Waals surface area contributed by atoms with Gasteiger partial charge in [0.15, 0.2) is 20.4 Å². The highest BCUT2D eigenvalue weighted by molar-refractivity contribution is 7.90. The van der Waals surface area contributed by atoms with Gasteiger partial charge in [-0.2, -0.15) is 0 Å². The Hall–Kier alpha value is -3.30. The van der Waals surface area contributed by atoms with Crippen LogP contribution >= 0.6 is 0 Å². The molecule has 0 aliphatic carbocycles. The van der Waals surface area contributed by atoms with Gasteiger partial charge in [-0.25, -0.2) is 18.4 Å². The maximum absolute atomic E-state index is 11.9. The largest absolute Gasteiger partial charge is 0.454 e. The Kier molecular flexibility index (Phi) is 5.24. The molecular formula is C22H22N4O4S. The van der Waals surface area contributed by atoms with Crippen molar-refractivity contribution in [3.8, 4) is 22.5 Å². The van der Waals surface area contributed by atoms with Gasteiger partial charge in [-0.15, -0.1) is 0 Å². The Labute approximate surface area is 179 Å². The summed E-state index contributed by atoms with van der Waals surface area (Å²) in [5.74, 6) is 1.21. The van der Waals surface area contributed by atoms with Gasteiger partial charge in [-0.3, -0.25) is 4.98 Å². The van der Waals surface area contributed by atoms with E-state index in [-0.39, 0.29) is 5.03 Å². The van der Waals surface area contributed by atoms with Crippen LogP contribution in [0.3, 0.4) is 0 Å². The second-order valence-electron chi connectivity index (χ2n) is 7.93. The first-order valence-electron chi connectivity index (χ1n) is 9.58. The van der Waals surface area contributed by atoms with E-state index in [2.05, 4.69) is 20.3 Å². The molecule has 0 fully saturated rings. The SMILES string of the molecule is CC(C)(O)CNc1cc(-c2cc3nccc(-c4ccnc(S(C)(=O)=O)c4)c3o2)ccn1. The van der Waals surface area contributed by atoms with E-state index >= 15 is 0 Å². The number of rotatable bonds is 6. The van der Waals surface area contributed by atoms with Crippen LogP contribution in [0.4, 0.5) is 5.82 Å². The normalized spacial score (nSPS) is 12.3. The Balaban J connectivity index is 1.74. The maximum atomic E-state index is 11.9. The number of sulfone groups is 1. The number of aromatic nitrogens is 3. The van der Waals surface area contributed by atoms with Crippen LogP contribution in [0.1, 0.15) is 13.8 Å². The lowest BCUT2D eigenvalue weighted by atomic mass is 10.1. The van der Waals surface area contributed by atoms with Crippen molar-refractivity contribution in [3.63, 3.8) is 0 Å². The van der Waals surface area contributed by atoms with Crippen molar-refractivity contribution in [2.75, 3.05) is 18.1 Å². The predicted octanol–water partition coefficient (Wildman–Crippen LogP) is 3.54. The molecule has 4 rings (SSSR count). The van der Waals surface area contributed by atoms with Gasteiger partial charge in [0.2, 0.25) is 0 Å². The van der Waals surface area contributed by atoms with E-state index < -0.39 is 15.4 Å². The van der Waals surface area contributed by atoms with Crippen LogP contribution in [-0.4, -0.2) is 46.9 Å². The minimum absolute atomic E-state index is 0.00148. The van der Waals surface area contributed by atoms with Gasteiger partial charge in [-0.05, 0) is 49.7 Å². The van der Waals surface area contributed by atoms with Crippen molar-refractivity contribution >= 4 is 26.8 Å². The van der Waals surface area contributed by atoms with E-state index in [1.54, 1.807) is 38.4 Å². The van der Waals surface area contributed by atoms with Crippen molar-refractivity contribution in [2.45, 2.75) is 24.5 Å². The number of fused-ring (bicyclic) bond motifs is 1. The van der Waals surface area contributed by atoms with Crippen LogP contribution in [0, 0.1) is 0 Å². The molecule has 4 aromatic rings. The second kappa shape index (κ2) is 7.75. The van der Waals surface area contributed by atoms with Crippen molar-refractivity contribution in [2.24, 2.45) is 0 Å². The summed E-state index contributed by atoms with van der Waals surface area (Å²) < 4.78 is 29.9. The zero-order valence-electron chi connectivity index (χ0n) is 17.3. The van der Waals surface area contributed by atoms with Crippen molar-refractivity contribution < 1.29 is 17.9 Å². The average Bonchev–Trinajstić information content (AvgIpc) is 3.16. The number of hydrogen-bond acceptors (Lipinski definition) is 8. The maximum Gasteiger partial charge on any atom is 0.192 e. The molecule has 0 spiro atoms. The predicted molar refractivity (Wildman–Crippen MR) is 118 cm³/mol. The van der Waals surface area contributed by atoms with Crippen molar-refractivity contribution in [3.05, 3.63) is 55.0 Å². The Morgan fingerprint density at radius 1 is 1.00 bits per heavy atom. The van der Waals surface area contributed by atoms with Crippen LogP contribution in [0.25, 0.3) is 33.6 Å². The number of pyridine rings is 3. The molecule has 0 aromatic carbocycles. The molecule has 9 heteroatoms. The van der Waals surface area contributed by atoms with Crippen LogP contribution in [0.2, 0.25) is 0 Å². The van der Waals surface area contributed by atoms with E-state index in [0.29, 0.717) is 34.8 Å². The standard InChI is InChI=1S/C22H22N4O4S/c1-22(2,27)13-26-19-10-15(5-7-24-19)18-12-17-21(30-18)16(6-9-23-17)14-4-8-25-20(11-14)31(3,28)29/h4-12,27H,13H2,1-3H3,(H,24,26). The monoisotopic (exact) mass is 438 g/mol. The van der Waals surface area contributed by atoms with Gasteiger partial charge in [0, 0.05) is 48.6 Å². The Bertz CT molecular complexity index is 1360. The van der Waals surface area contributed by atoms with E-state index in [0.717, 1.165) is 17.4 Å². The summed E-state index contributed by atoms with van der Waals surface area (Å²) in [6.45, 7) is 3.77. The fraction of sp³-hybridized carbons (Fsp3) is 0.227. The number of aliphatic hydroxyl groups is 1. The molecule has 31 heavy (non-hydrogen) atoms. The molecule has 0 atom stereocenters. The summed E-state index contributed by atoms with van der Waals surface area (Å²) in [5.41, 5.74) is 2.51. The van der Waals surface area contributed by atoms with Gasteiger partial charge in [0.1, 0.15) is 17.1 Å². The second-order valence-corrected chi connectivity index (χ2v) is 9.90. The number of hydrogen-bond donors (Lipinski definition) is 2. The molecule has 0 saturated heterocycles. The van der Waals surface area contributed by atoms with Gasteiger partial charge in [0.25, 0.3) is 0 Å². The summed E-state index contributed by atoms with van der Waals surface area (Å²) >= 11 is 0. The first-order valence-corrected chi connectivity index (χ1v) is 11.5. The summed E-state index contributed by atoms with van der Waals surface area (Å²) in [4.78, 5) is 12.6. The molecule has 0 aliphatic heterocycles. The summed E-state index contributed by atoms with van der Waals surface area (Å²) in [7, 11) is -3.43. The third-order valence-electron chi connectivity index (χ3n) is 4.58. The molecule has 0 aliphatic rings. The molecule has 0 radical (unpaired) electrons. The number of anilines is 1. The minimum Gasteiger partial charge on any atom is -0.454 e. The molecule has 2 N–H and O–H groups in total. The lowest BCUT2D eigenvalue weighted by Crippen LogP contribution is -2.29. The topological polar surface area (TPSA) is 118 Å². The molecule has 0 amide bonds. The highest BCUT2D eigenvalue weighted by Gasteiger charge is 2.16. The third-order valence-corrected chi connectivity index (χ3v) is 5.57. The third kappa shape index (κ3) is 4.73. The lowest BCUT2D eigenvalue weighted by Gasteiger charge is -2.18. The Morgan fingerprint density at radius 3 is 2.45 bits per heavy atom. The lowest BCUT2D eigenvalue weighted by molar-refractivity contribution is 0.0944. The van der Waals surface area contributed by atoms with E-state index in [1.165, 1.54) is 12.3 Å². The summed E-state index contributed by atoms with van der Waals surface area (Å²) in [6, 6.07) is 10.5. The molecule has 8 nitrogen and oxygen atoms in total. The first-order chi connectivity index (χ1) is 14.6. The molecule has 0 bridgehead atoms. The van der Waals surface area contributed by atoms with Crippen LogP contribution in [0.15, 0.2) is 64.4 Å². The number of furan rings is 1. The highest BCUT2D eigenvalue weighted by atomic mass is 32.2. The zero-order valence-corrected chi connectivity index (χ0v) is 18.1. The summed E-state index contributed by atoms with van der Waals surface area (Å²) in [5, 5.41) is 13.0. The van der Waals surface area contributed by atoms with E-state index in [1.807, 2.05) is 18.2 Å². The van der Waals surface area contributed by atoms with Crippen molar-refractivity contribution in [1.82, 2.24) is 15.0 Å². The molecule has 4 heterocycles. The minimum atomic E-state index is -3.43. The smallest absolute Gasteiger partial charge is 0.192 e. The number of nitrogens with zero attached hydrogens (tertiary/aromatic N) is 3. The molecular weight excluding hydrogens is 416 g/mol. The fourth-order valence-electron chi connectivity index (χ4n) is 3.07. The Morgan fingerprint density at radius 2 is 1.71 bits per heavy atom.